The van der Waals surface area contributed by atoms with Gasteiger partial charge in [-0.1, -0.05) is 6.07 Å². The molecule has 1 aromatic rings. The average Bonchev–Trinajstić information content (AvgIpc) is 2.23. The van der Waals surface area contributed by atoms with Crippen molar-refractivity contribution >= 4 is 21.6 Å². The molecule has 2 rings (SSSR count). The Morgan fingerprint density at radius 1 is 1.32 bits per heavy atom. The van der Waals surface area contributed by atoms with Gasteiger partial charge in [0.25, 0.3) is 0 Å². The standard InChI is InChI=1S/C16H25BrN2/c1-16(2,3)18-11-12-8-9-15(14(17)10-12)19(4)13-6-5-7-13/h8-10,13,18H,5-7,11H2,1-4H3. The molecule has 0 spiro atoms. The Bertz CT molecular complexity index is 433. The molecule has 19 heavy (non-hydrogen) atoms. The lowest BCUT2D eigenvalue weighted by Gasteiger charge is -2.37. The first-order chi connectivity index (χ1) is 8.87. The van der Waals surface area contributed by atoms with E-state index in [0.29, 0.717) is 0 Å². The normalized spacial score (nSPS) is 16.3. The first-order valence-corrected chi connectivity index (χ1v) is 7.92. The molecular weight excluding hydrogens is 300 g/mol. The van der Waals surface area contributed by atoms with Gasteiger partial charge in [-0.25, -0.2) is 0 Å². The minimum Gasteiger partial charge on any atom is -0.371 e. The maximum absolute atomic E-state index is 3.72. The van der Waals surface area contributed by atoms with Crippen molar-refractivity contribution in [3.05, 3.63) is 28.2 Å². The third-order valence-electron chi connectivity index (χ3n) is 3.84. The van der Waals surface area contributed by atoms with E-state index in [1.807, 2.05) is 0 Å². The molecule has 0 heterocycles. The van der Waals surface area contributed by atoms with E-state index < -0.39 is 0 Å². The molecule has 1 N–H and O–H groups in total. The number of anilines is 1. The highest BCUT2D eigenvalue weighted by atomic mass is 79.9. The summed E-state index contributed by atoms with van der Waals surface area (Å²) >= 11 is 3.72. The molecule has 3 heteroatoms. The van der Waals surface area contributed by atoms with Crippen LogP contribution in [0.3, 0.4) is 0 Å². The second-order valence-corrected chi connectivity index (χ2v) is 7.44. The predicted octanol–water partition coefficient (Wildman–Crippen LogP) is 4.33. The second-order valence-electron chi connectivity index (χ2n) is 6.58. The largest absolute Gasteiger partial charge is 0.371 e. The highest BCUT2D eigenvalue weighted by molar-refractivity contribution is 9.10. The van der Waals surface area contributed by atoms with Gasteiger partial charge in [0.1, 0.15) is 0 Å². The maximum Gasteiger partial charge on any atom is 0.0510 e. The topological polar surface area (TPSA) is 15.3 Å². The molecule has 1 aromatic carbocycles. The Hall–Kier alpha value is -0.540. The smallest absolute Gasteiger partial charge is 0.0510 e. The summed E-state index contributed by atoms with van der Waals surface area (Å²) in [4.78, 5) is 2.41. The van der Waals surface area contributed by atoms with Crippen LogP contribution < -0.4 is 10.2 Å². The SMILES string of the molecule is CN(c1ccc(CNC(C)(C)C)cc1Br)C1CCC1. The van der Waals surface area contributed by atoms with E-state index in [1.165, 1.54) is 35.0 Å². The monoisotopic (exact) mass is 324 g/mol. The molecule has 0 aliphatic heterocycles. The van der Waals surface area contributed by atoms with Gasteiger partial charge in [0.15, 0.2) is 0 Å². The summed E-state index contributed by atoms with van der Waals surface area (Å²) in [5.41, 5.74) is 2.80. The Morgan fingerprint density at radius 3 is 2.47 bits per heavy atom. The molecule has 0 saturated heterocycles. The highest BCUT2D eigenvalue weighted by Crippen LogP contribution is 2.33. The Balaban J connectivity index is 2.04. The molecule has 0 radical (unpaired) electrons. The summed E-state index contributed by atoms with van der Waals surface area (Å²) in [6.07, 6.45) is 4.03. The van der Waals surface area contributed by atoms with E-state index in [-0.39, 0.29) is 5.54 Å². The zero-order valence-electron chi connectivity index (χ0n) is 12.5. The van der Waals surface area contributed by atoms with Gasteiger partial charge >= 0.3 is 0 Å². The van der Waals surface area contributed by atoms with Crippen LogP contribution in [-0.2, 0) is 6.54 Å². The van der Waals surface area contributed by atoms with Crippen molar-refractivity contribution in [3.63, 3.8) is 0 Å². The van der Waals surface area contributed by atoms with Crippen LogP contribution in [-0.4, -0.2) is 18.6 Å². The predicted molar refractivity (Wildman–Crippen MR) is 86.8 cm³/mol. The Labute approximate surface area is 125 Å². The average molecular weight is 325 g/mol. The van der Waals surface area contributed by atoms with E-state index in [4.69, 9.17) is 0 Å². The zero-order valence-corrected chi connectivity index (χ0v) is 14.0. The molecule has 1 saturated carbocycles. The van der Waals surface area contributed by atoms with E-state index >= 15 is 0 Å². The van der Waals surface area contributed by atoms with Gasteiger partial charge in [-0.15, -0.1) is 0 Å². The molecule has 1 aliphatic carbocycles. The number of rotatable bonds is 4. The van der Waals surface area contributed by atoms with Crippen LogP contribution in [0.15, 0.2) is 22.7 Å². The highest BCUT2D eigenvalue weighted by Gasteiger charge is 2.23. The Morgan fingerprint density at radius 2 is 2.00 bits per heavy atom. The van der Waals surface area contributed by atoms with Gasteiger partial charge in [-0.2, -0.15) is 0 Å². The van der Waals surface area contributed by atoms with E-state index in [9.17, 15) is 0 Å². The van der Waals surface area contributed by atoms with Crippen molar-refractivity contribution in [1.82, 2.24) is 5.32 Å². The van der Waals surface area contributed by atoms with Crippen molar-refractivity contribution in [1.29, 1.82) is 0 Å². The van der Waals surface area contributed by atoms with Crippen molar-refractivity contribution in [3.8, 4) is 0 Å². The lowest BCUT2D eigenvalue weighted by atomic mass is 9.91. The summed E-state index contributed by atoms with van der Waals surface area (Å²) in [7, 11) is 2.21. The molecule has 1 aliphatic rings. The fourth-order valence-electron chi connectivity index (χ4n) is 2.28. The molecule has 0 amide bonds. The zero-order chi connectivity index (χ0) is 14.0. The van der Waals surface area contributed by atoms with Crippen LogP contribution in [0.5, 0.6) is 0 Å². The lowest BCUT2D eigenvalue weighted by Crippen LogP contribution is -2.37. The van der Waals surface area contributed by atoms with E-state index in [1.54, 1.807) is 0 Å². The quantitative estimate of drug-likeness (QED) is 0.886. The van der Waals surface area contributed by atoms with Crippen molar-refractivity contribution < 1.29 is 0 Å². The van der Waals surface area contributed by atoms with Crippen LogP contribution >= 0.6 is 15.9 Å². The lowest BCUT2D eigenvalue weighted by molar-refractivity contribution is 0.401. The first-order valence-electron chi connectivity index (χ1n) is 7.13. The molecule has 0 unspecified atom stereocenters. The van der Waals surface area contributed by atoms with Crippen molar-refractivity contribution in [2.75, 3.05) is 11.9 Å². The summed E-state index contributed by atoms with van der Waals surface area (Å²) in [5, 5.41) is 3.52. The first kappa shape index (κ1) is 14.9. The van der Waals surface area contributed by atoms with E-state index in [2.05, 4.69) is 72.2 Å². The number of benzene rings is 1. The second kappa shape index (κ2) is 5.84. The number of halogens is 1. The molecule has 0 atom stereocenters. The molecule has 0 bridgehead atoms. The minimum atomic E-state index is 0.161. The third kappa shape index (κ3) is 3.96. The summed E-state index contributed by atoms with van der Waals surface area (Å²) in [6.45, 7) is 7.50. The number of hydrogen-bond donors (Lipinski definition) is 1. The van der Waals surface area contributed by atoms with Gasteiger partial charge in [0.05, 0.1) is 5.69 Å². The summed E-state index contributed by atoms with van der Waals surface area (Å²) in [6, 6.07) is 7.44. The fraction of sp³-hybridized carbons (Fsp3) is 0.625. The number of hydrogen-bond acceptors (Lipinski definition) is 2. The van der Waals surface area contributed by atoms with Gasteiger partial charge in [-0.3, -0.25) is 0 Å². The molecular formula is C16H25BrN2. The van der Waals surface area contributed by atoms with Crippen molar-refractivity contribution in [2.24, 2.45) is 0 Å². The van der Waals surface area contributed by atoms with Crippen LogP contribution in [0.2, 0.25) is 0 Å². The molecule has 1 fully saturated rings. The summed E-state index contributed by atoms with van der Waals surface area (Å²) in [5.74, 6) is 0. The third-order valence-corrected chi connectivity index (χ3v) is 4.47. The van der Waals surface area contributed by atoms with Gasteiger partial charge < -0.3 is 10.2 Å². The van der Waals surface area contributed by atoms with Gasteiger partial charge in [0, 0.05) is 29.6 Å². The Kier molecular flexibility index (Phi) is 4.57. The van der Waals surface area contributed by atoms with E-state index in [0.717, 1.165) is 12.6 Å². The summed E-state index contributed by atoms with van der Waals surface area (Å²) < 4.78 is 1.20. The van der Waals surface area contributed by atoms with Gasteiger partial charge in [0.2, 0.25) is 0 Å². The number of nitrogens with one attached hydrogen (secondary N) is 1. The van der Waals surface area contributed by atoms with Crippen LogP contribution in [0.4, 0.5) is 5.69 Å². The maximum atomic E-state index is 3.72. The molecule has 106 valence electrons. The molecule has 2 nitrogen and oxygen atoms in total. The minimum absolute atomic E-state index is 0.161. The number of nitrogens with zero attached hydrogens (tertiary/aromatic N) is 1. The van der Waals surface area contributed by atoms with Crippen LogP contribution in [0.1, 0.15) is 45.6 Å². The van der Waals surface area contributed by atoms with Crippen molar-refractivity contribution in [2.45, 2.75) is 58.2 Å². The fourth-order valence-corrected chi connectivity index (χ4v) is 2.99. The van der Waals surface area contributed by atoms with Crippen LogP contribution in [0.25, 0.3) is 0 Å². The van der Waals surface area contributed by atoms with Crippen LogP contribution in [0, 0.1) is 0 Å². The van der Waals surface area contributed by atoms with Gasteiger partial charge in [-0.05, 0) is 73.7 Å². The molecule has 0 aromatic heterocycles.